The molecule has 4 heteroatoms. The van der Waals surface area contributed by atoms with Crippen LogP contribution in [0, 0.1) is 0 Å². The highest BCUT2D eigenvalue weighted by Crippen LogP contribution is 2.24. The van der Waals surface area contributed by atoms with Crippen LogP contribution < -0.4 is 0 Å². The summed E-state index contributed by atoms with van der Waals surface area (Å²) in [5.74, 6) is -0.444. The Hall–Kier alpha value is -3.14. The highest BCUT2D eigenvalue weighted by atomic mass is 16.2. The molecule has 2 heterocycles. The Bertz CT molecular complexity index is 845. The lowest BCUT2D eigenvalue weighted by atomic mass is 10.1. The van der Waals surface area contributed by atoms with Crippen molar-refractivity contribution in [3.8, 4) is 5.69 Å². The Labute approximate surface area is 133 Å². The second-order valence-electron chi connectivity index (χ2n) is 5.50. The number of amides is 2. The van der Waals surface area contributed by atoms with Gasteiger partial charge in [-0.2, -0.15) is 0 Å². The van der Waals surface area contributed by atoms with Crippen molar-refractivity contribution < 1.29 is 9.59 Å². The molecule has 2 amide bonds. The molecule has 0 fully saturated rings. The van der Waals surface area contributed by atoms with Crippen LogP contribution in [-0.4, -0.2) is 21.3 Å². The third-order valence-electron chi connectivity index (χ3n) is 4.06. The minimum atomic E-state index is -0.222. The van der Waals surface area contributed by atoms with E-state index in [1.54, 1.807) is 24.3 Å². The molecule has 2 aromatic carbocycles. The molecule has 4 rings (SSSR count). The molecule has 0 aliphatic carbocycles. The van der Waals surface area contributed by atoms with Crippen LogP contribution in [0.3, 0.4) is 0 Å². The summed E-state index contributed by atoms with van der Waals surface area (Å²) in [5, 5.41) is 0. The first-order chi connectivity index (χ1) is 11.2. The average Bonchev–Trinajstić information content (AvgIpc) is 3.20. The Balaban J connectivity index is 1.57. The van der Waals surface area contributed by atoms with Crippen molar-refractivity contribution in [1.29, 1.82) is 0 Å². The van der Waals surface area contributed by atoms with Crippen LogP contribution in [0.25, 0.3) is 5.69 Å². The fourth-order valence-corrected chi connectivity index (χ4v) is 2.85. The van der Waals surface area contributed by atoms with Gasteiger partial charge < -0.3 is 4.57 Å². The minimum Gasteiger partial charge on any atom is -0.324 e. The Morgan fingerprint density at radius 1 is 0.696 bits per heavy atom. The lowest BCUT2D eigenvalue weighted by Crippen LogP contribution is -2.29. The SMILES string of the molecule is O=C1c2ccccc2C(=O)N1Cc1ccc(-n2cccc2)cc1. The summed E-state index contributed by atoms with van der Waals surface area (Å²) < 4.78 is 2.01. The maximum atomic E-state index is 12.4. The topological polar surface area (TPSA) is 42.3 Å². The van der Waals surface area contributed by atoms with Gasteiger partial charge in [0.25, 0.3) is 11.8 Å². The summed E-state index contributed by atoms with van der Waals surface area (Å²) in [6.45, 7) is 0.290. The second kappa shape index (κ2) is 5.25. The number of carbonyl (C=O) groups is 2. The third kappa shape index (κ3) is 2.25. The summed E-state index contributed by atoms with van der Waals surface area (Å²) >= 11 is 0. The third-order valence-corrected chi connectivity index (χ3v) is 4.06. The van der Waals surface area contributed by atoms with Gasteiger partial charge in [-0.3, -0.25) is 14.5 Å². The first-order valence-electron chi connectivity index (χ1n) is 7.41. The summed E-state index contributed by atoms with van der Waals surface area (Å²) in [7, 11) is 0. The molecule has 0 N–H and O–H groups in total. The lowest BCUT2D eigenvalue weighted by molar-refractivity contribution is 0.0642. The van der Waals surface area contributed by atoms with Crippen LogP contribution in [0.4, 0.5) is 0 Å². The molecule has 0 atom stereocenters. The Morgan fingerprint density at radius 3 is 1.83 bits per heavy atom. The fourth-order valence-electron chi connectivity index (χ4n) is 2.85. The molecule has 0 saturated heterocycles. The van der Waals surface area contributed by atoms with Crippen LogP contribution in [-0.2, 0) is 6.54 Å². The van der Waals surface area contributed by atoms with Gasteiger partial charge in [0.05, 0.1) is 17.7 Å². The van der Waals surface area contributed by atoms with E-state index < -0.39 is 0 Å². The van der Waals surface area contributed by atoms with Gasteiger partial charge in [-0.05, 0) is 42.0 Å². The van der Waals surface area contributed by atoms with Crippen LogP contribution >= 0.6 is 0 Å². The molecule has 3 aromatic rings. The van der Waals surface area contributed by atoms with Gasteiger partial charge in [0, 0.05) is 18.1 Å². The number of carbonyl (C=O) groups excluding carboxylic acids is 2. The van der Waals surface area contributed by atoms with Gasteiger partial charge in [0.2, 0.25) is 0 Å². The molecule has 1 aromatic heterocycles. The molecule has 4 nitrogen and oxygen atoms in total. The standard InChI is InChI=1S/C19H14N2O2/c22-18-16-5-1-2-6-17(16)19(23)21(18)13-14-7-9-15(10-8-14)20-11-3-4-12-20/h1-12H,13H2. The smallest absolute Gasteiger partial charge is 0.261 e. The molecular formula is C19H14N2O2. The first-order valence-corrected chi connectivity index (χ1v) is 7.41. The van der Waals surface area contributed by atoms with E-state index in [9.17, 15) is 9.59 Å². The molecule has 0 saturated carbocycles. The molecule has 1 aliphatic heterocycles. The van der Waals surface area contributed by atoms with E-state index in [1.165, 1.54) is 4.90 Å². The van der Waals surface area contributed by atoms with Crippen molar-refractivity contribution in [2.45, 2.75) is 6.54 Å². The molecule has 112 valence electrons. The zero-order valence-corrected chi connectivity index (χ0v) is 12.3. The highest BCUT2D eigenvalue weighted by molar-refractivity contribution is 6.21. The van der Waals surface area contributed by atoms with Crippen LogP contribution in [0.1, 0.15) is 26.3 Å². The van der Waals surface area contributed by atoms with Gasteiger partial charge >= 0.3 is 0 Å². The number of hydrogen-bond acceptors (Lipinski definition) is 2. The molecule has 23 heavy (non-hydrogen) atoms. The summed E-state index contributed by atoms with van der Waals surface area (Å²) in [6.07, 6.45) is 3.94. The molecule has 1 aliphatic rings. The monoisotopic (exact) mass is 302 g/mol. The van der Waals surface area contributed by atoms with Crippen molar-refractivity contribution >= 4 is 11.8 Å². The van der Waals surface area contributed by atoms with Gasteiger partial charge in [0.1, 0.15) is 0 Å². The van der Waals surface area contributed by atoms with Crippen LogP contribution in [0.2, 0.25) is 0 Å². The van der Waals surface area contributed by atoms with Gasteiger partial charge in [0.15, 0.2) is 0 Å². The number of fused-ring (bicyclic) bond motifs is 1. The summed E-state index contributed by atoms with van der Waals surface area (Å²) in [6, 6.07) is 18.7. The number of imide groups is 1. The Morgan fingerprint density at radius 2 is 1.26 bits per heavy atom. The Kier molecular flexibility index (Phi) is 3.08. The molecular weight excluding hydrogens is 288 g/mol. The zero-order valence-electron chi connectivity index (χ0n) is 12.3. The van der Waals surface area contributed by atoms with Gasteiger partial charge in [-0.1, -0.05) is 24.3 Å². The van der Waals surface area contributed by atoms with Crippen molar-refractivity contribution in [3.63, 3.8) is 0 Å². The second-order valence-corrected chi connectivity index (χ2v) is 5.50. The summed E-state index contributed by atoms with van der Waals surface area (Å²) in [5.41, 5.74) is 2.94. The maximum Gasteiger partial charge on any atom is 0.261 e. The van der Waals surface area contributed by atoms with Crippen LogP contribution in [0.15, 0.2) is 73.1 Å². The number of hydrogen-bond donors (Lipinski definition) is 0. The minimum absolute atomic E-state index is 0.222. The van der Waals surface area contributed by atoms with Gasteiger partial charge in [-0.25, -0.2) is 0 Å². The van der Waals surface area contributed by atoms with Crippen molar-refractivity contribution in [3.05, 3.63) is 89.7 Å². The van der Waals surface area contributed by atoms with E-state index in [4.69, 9.17) is 0 Å². The van der Waals surface area contributed by atoms with E-state index >= 15 is 0 Å². The number of nitrogens with zero attached hydrogens (tertiary/aromatic N) is 2. The highest BCUT2D eigenvalue weighted by Gasteiger charge is 2.34. The van der Waals surface area contributed by atoms with Gasteiger partial charge in [-0.15, -0.1) is 0 Å². The number of aromatic nitrogens is 1. The lowest BCUT2D eigenvalue weighted by Gasteiger charge is -2.14. The quantitative estimate of drug-likeness (QED) is 0.697. The molecule has 0 bridgehead atoms. The van der Waals surface area contributed by atoms with E-state index in [0.717, 1.165) is 11.3 Å². The van der Waals surface area contributed by atoms with E-state index in [2.05, 4.69) is 0 Å². The maximum absolute atomic E-state index is 12.4. The number of benzene rings is 2. The van der Waals surface area contributed by atoms with Crippen molar-refractivity contribution in [2.75, 3.05) is 0 Å². The zero-order chi connectivity index (χ0) is 15.8. The molecule has 0 unspecified atom stereocenters. The predicted octanol–water partition coefficient (Wildman–Crippen LogP) is 3.27. The largest absolute Gasteiger partial charge is 0.324 e. The summed E-state index contributed by atoms with van der Waals surface area (Å²) in [4.78, 5) is 26.0. The van der Waals surface area contributed by atoms with Crippen LogP contribution in [0.5, 0.6) is 0 Å². The number of rotatable bonds is 3. The normalized spacial score (nSPS) is 13.5. The molecule has 0 spiro atoms. The average molecular weight is 302 g/mol. The van der Waals surface area contributed by atoms with E-state index in [1.807, 2.05) is 53.4 Å². The first kappa shape index (κ1) is 13.5. The predicted molar refractivity (Wildman–Crippen MR) is 86.4 cm³/mol. The molecule has 0 radical (unpaired) electrons. The van der Waals surface area contributed by atoms with E-state index in [0.29, 0.717) is 11.1 Å². The fraction of sp³-hybridized carbons (Fsp3) is 0.0526. The van der Waals surface area contributed by atoms with Crippen molar-refractivity contribution in [1.82, 2.24) is 9.47 Å². The van der Waals surface area contributed by atoms with E-state index in [-0.39, 0.29) is 18.4 Å². The van der Waals surface area contributed by atoms with Crippen molar-refractivity contribution in [2.24, 2.45) is 0 Å².